The lowest BCUT2D eigenvalue weighted by atomic mass is 9.84. The van der Waals surface area contributed by atoms with Gasteiger partial charge in [-0.05, 0) is 44.4 Å². The molecular weight excluding hydrogens is 279 g/mol. The Labute approximate surface area is 125 Å². The maximum absolute atomic E-state index is 13.7. The Morgan fingerprint density at radius 1 is 1.40 bits per heavy atom. The molecule has 0 bridgehead atoms. The Balaban J connectivity index is 0.00000200. The highest BCUT2D eigenvalue weighted by atomic mass is 35.5. The molecule has 5 heteroatoms. The van der Waals surface area contributed by atoms with Gasteiger partial charge in [-0.2, -0.15) is 0 Å². The van der Waals surface area contributed by atoms with E-state index in [0.717, 1.165) is 31.2 Å². The van der Waals surface area contributed by atoms with E-state index in [0.29, 0.717) is 12.5 Å². The molecule has 0 aromatic heterocycles. The number of benzene rings is 1. The maximum atomic E-state index is 13.7. The number of hydrogen-bond donors (Lipinski definition) is 2. The van der Waals surface area contributed by atoms with Crippen LogP contribution < -0.4 is 11.1 Å². The van der Waals surface area contributed by atoms with Crippen molar-refractivity contribution >= 4 is 18.3 Å². The van der Waals surface area contributed by atoms with E-state index in [1.807, 2.05) is 6.92 Å². The van der Waals surface area contributed by atoms with Gasteiger partial charge in [0.05, 0.1) is 5.56 Å². The minimum Gasteiger partial charge on any atom is -0.349 e. The van der Waals surface area contributed by atoms with E-state index < -0.39 is 5.82 Å². The molecule has 2 rings (SSSR count). The molecule has 1 aliphatic carbocycles. The lowest BCUT2D eigenvalue weighted by Gasteiger charge is -2.31. The van der Waals surface area contributed by atoms with Gasteiger partial charge in [-0.1, -0.05) is 24.5 Å². The van der Waals surface area contributed by atoms with Crippen LogP contribution in [0, 0.1) is 18.7 Å². The zero-order valence-corrected chi connectivity index (χ0v) is 12.5. The van der Waals surface area contributed by atoms with Gasteiger partial charge in [0, 0.05) is 6.04 Å². The molecule has 2 unspecified atom stereocenters. The van der Waals surface area contributed by atoms with Crippen molar-refractivity contribution in [2.45, 2.75) is 38.6 Å². The number of nitrogens with one attached hydrogen (secondary N) is 1. The van der Waals surface area contributed by atoms with Crippen molar-refractivity contribution in [2.24, 2.45) is 11.7 Å². The number of carbonyl (C=O) groups is 1. The van der Waals surface area contributed by atoms with Gasteiger partial charge >= 0.3 is 0 Å². The average Bonchev–Trinajstić information content (AvgIpc) is 2.42. The molecule has 0 spiro atoms. The van der Waals surface area contributed by atoms with Crippen molar-refractivity contribution in [2.75, 3.05) is 6.54 Å². The molecule has 1 saturated carbocycles. The van der Waals surface area contributed by atoms with Crippen LogP contribution in [0.1, 0.15) is 41.6 Å². The van der Waals surface area contributed by atoms with Crippen LogP contribution in [-0.2, 0) is 0 Å². The molecule has 0 radical (unpaired) electrons. The molecule has 1 fully saturated rings. The van der Waals surface area contributed by atoms with Crippen LogP contribution in [0.3, 0.4) is 0 Å². The number of aryl methyl sites for hydroxylation is 1. The summed E-state index contributed by atoms with van der Waals surface area (Å²) in [4.78, 5) is 12.2. The number of halogens is 2. The van der Waals surface area contributed by atoms with Crippen molar-refractivity contribution in [1.29, 1.82) is 0 Å². The van der Waals surface area contributed by atoms with Gasteiger partial charge in [0.2, 0.25) is 0 Å². The number of carbonyl (C=O) groups excluding carboxylic acids is 1. The molecule has 1 aromatic carbocycles. The van der Waals surface area contributed by atoms with Crippen molar-refractivity contribution in [1.82, 2.24) is 5.32 Å². The molecule has 1 aromatic rings. The predicted molar refractivity (Wildman–Crippen MR) is 80.7 cm³/mol. The highest BCUT2D eigenvalue weighted by Crippen LogP contribution is 2.24. The first-order valence-corrected chi connectivity index (χ1v) is 6.89. The zero-order valence-electron chi connectivity index (χ0n) is 11.7. The Bertz CT molecular complexity index is 467. The summed E-state index contributed by atoms with van der Waals surface area (Å²) in [5.41, 5.74) is 6.74. The van der Waals surface area contributed by atoms with Crippen LogP contribution in [0.25, 0.3) is 0 Å². The summed E-state index contributed by atoms with van der Waals surface area (Å²) >= 11 is 0. The summed E-state index contributed by atoms with van der Waals surface area (Å²) in [6, 6.07) is 4.66. The lowest BCUT2D eigenvalue weighted by Crippen LogP contribution is -2.44. The van der Waals surface area contributed by atoms with E-state index in [1.165, 1.54) is 6.07 Å². The van der Waals surface area contributed by atoms with E-state index in [2.05, 4.69) is 5.32 Å². The van der Waals surface area contributed by atoms with Crippen LogP contribution >= 0.6 is 12.4 Å². The first-order valence-electron chi connectivity index (χ1n) is 6.89. The number of hydrogen-bond acceptors (Lipinski definition) is 2. The summed E-state index contributed by atoms with van der Waals surface area (Å²) in [7, 11) is 0. The molecule has 0 saturated heterocycles. The van der Waals surface area contributed by atoms with Crippen molar-refractivity contribution in [3.05, 3.63) is 35.1 Å². The number of amides is 1. The van der Waals surface area contributed by atoms with E-state index in [-0.39, 0.29) is 29.9 Å². The minimum atomic E-state index is -0.469. The van der Waals surface area contributed by atoms with Gasteiger partial charge in [0.25, 0.3) is 5.91 Å². The largest absolute Gasteiger partial charge is 0.349 e. The molecule has 112 valence electrons. The van der Waals surface area contributed by atoms with Crippen LogP contribution in [0.15, 0.2) is 18.2 Å². The van der Waals surface area contributed by atoms with Gasteiger partial charge in [0.1, 0.15) is 5.82 Å². The number of rotatable bonds is 3. The fourth-order valence-corrected chi connectivity index (χ4v) is 2.74. The van der Waals surface area contributed by atoms with Gasteiger partial charge in [-0.3, -0.25) is 4.79 Å². The third kappa shape index (κ3) is 3.93. The topological polar surface area (TPSA) is 55.1 Å². The summed E-state index contributed by atoms with van der Waals surface area (Å²) in [6.07, 6.45) is 4.23. The Hall–Kier alpha value is -1.13. The van der Waals surface area contributed by atoms with Gasteiger partial charge in [0.15, 0.2) is 0 Å². The molecule has 1 aliphatic rings. The Morgan fingerprint density at radius 2 is 2.10 bits per heavy atom. The fraction of sp³-hybridized carbons (Fsp3) is 0.533. The third-order valence-electron chi connectivity index (χ3n) is 3.89. The zero-order chi connectivity index (χ0) is 13.8. The van der Waals surface area contributed by atoms with E-state index in [1.54, 1.807) is 12.1 Å². The van der Waals surface area contributed by atoms with Crippen LogP contribution in [0.5, 0.6) is 0 Å². The maximum Gasteiger partial charge on any atom is 0.254 e. The molecule has 3 N–H and O–H groups in total. The summed E-state index contributed by atoms with van der Waals surface area (Å²) in [5.74, 6) is -0.486. The Kier molecular flexibility index (Phi) is 6.43. The van der Waals surface area contributed by atoms with Gasteiger partial charge in [-0.15, -0.1) is 12.4 Å². The minimum absolute atomic E-state index is 0. The van der Waals surface area contributed by atoms with E-state index in [4.69, 9.17) is 5.73 Å². The normalized spacial score (nSPS) is 21.9. The second-order valence-electron chi connectivity index (χ2n) is 5.34. The molecule has 20 heavy (non-hydrogen) atoms. The second kappa shape index (κ2) is 7.60. The molecule has 2 atom stereocenters. The van der Waals surface area contributed by atoms with Crippen molar-refractivity contribution < 1.29 is 9.18 Å². The number of nitrogens with two attached hydrogens (primary N) is 1. The summed E-state index contributed by atoms with van der Waals surface area (Å²) in [6.45, 7) is 2.42. The predicted octanol–water partition coefficient (Wildman–Crippen LogP) is 2.80. The highest BCUT2D eigenvalue weighted by molar-refractivity contribution is 5.94. The average molecular weight is 301 g/mol. The van der Waals surface area contributed by atoms with E-state index in [9.17, 15) is 9.18 Å². The first kappa shape index (κ1) is 16.9. The standard InChI is InChI=1S/C15H21FN2O.ClH/c1-10-6-7-13(16)12(8-10)15(19)18-14-5-3-2-4-11(14)9-17;/h6-8,11,14H,2-5,9,17H2,1H3,(H,18,19);1H. The summed E-state index contributed by atoms with van der Waals surface area (Å²) < 4.78 is 13.7. The van der Waals surface area contributed by atoms with Crippen LogP contribution in [0.4, 0.5) is 4.39 Å². The fourth-order valence-electron chi connectivity index (χ4n) is 2.74. The SMILES string of the molecule is Cc1ccc(F)c(C(=O)NC2CCCCC2CN)c1.Cl. The third-order valence-corrected chi connectivity index (χ3v) is 3.89. The molecule has 1 amide bonds. The van der Waals surface area contributed by atoms with Crippen molar-refractivity contribution in [3.63, 3.8) is 0 Å². The summed E-state index contributed by atoms with van der Waals surface area (Å²) in [5, 5.41) is 2.95. The lowest BCUT2D eigenvalue weighted by molar-refractivity contribution is 0.0904. The van der Waals surface area contributed by atoms with Crippen molar-refractivity contribution in [3.8, 4) is 0 Å². The van der Waals surface area contributed by atoms with Crippen LogP contribution in [-0.4, -0.2) is 18.5 Å². The smallest absolute Gasteiger partial charge is 0.254 e. The first-order chi connectivity index (χ1) is 9.11. The molecule has 0 aliphatic heterocycles. The quantitative estimate of drug-likeness (QED) is 0.902. The molecule has 0 heterocycles. The molecule has 3 nitrogen and oxygen atoms in total. The van der Waals surface area contributed by atoms with Gasteiger partial charge < -0.3 is 11.1 Å². The van der Waals surface area contributed by atoms with Gasteiger partial charge in [-0.25, -0.2) is 4.39 Å². The van der Waals surface area contributed by atoms with Crippen LogP contribution in [0.2, 0.25) is 0 Å². The second-order valence-corrected chi connectivity index (χ2v) is 5.34. The van der Waals surface area contributed by atoms with E-state index >= 15 is 0 Å². The highest BCUT2D eigenvalue weighted by Gasteiger charge is 2.26. The monoisotopic (exact) mass is 300 g/mol. The molecular formula is C15H22ClFN2O. The Morgan fingerprint density at radius 3 is 2.80 bits per heavy atom.